The summed E-state index contributed by atoms with van der Waals surface area (Å²) in [5.41, 5.74) is 3.21. The van der Waals surface area contributed by atoms with Crippen LogP contribution in [0.25, 0.3) is 10.2 Å². The van der Waals surface area contributed by atoms with E-state index in [4.69, 9.17) is 0 Å². The molecule has 0 radical (unpaired) electrons. The van der Waals surface area contributed by atoms with Gasteiger partial charge >= 0.3 is 0 Å². The summed E-state index contributed by atoms with van der Waals surface area (Å²) in [6, 6.07) is 8.22. The van der Waals surface area contributed by atoms with Gasteiger partial charge in [-0.2, -0.15) is 9.78 Å². The molecule has 0 saturated heterocycles. The molecule has 3 rings (SSSR count). The minimum atomic E-state index is -0.121. The summed E-state index contributed by atoms with van der Waals surface area (Å²) < 4.78 is 1.30. The fourth-order valence-electron chi connectivity index (χ4n) is 2.51. The van der Waals surface area contributed by atoms with Gasteiger partial charge in [0.2, 0.25) is 0 Å². The fraction of sp³-hybridized carbons (Fsp3) is 0.316. The summed E-state index contributed by atoms with van der Waals surface area (Å²) >= 11 is 1.54. The topological polar surface area (TPSA) is 47.2 Å². The number of thiophene rings is 1. The molecule has 5 heteroatoms. The predicted molar refractivity (Wildman–Crippen MR) is 101 cm³/mol. The Balaban J connectivity index is 1.95. The zero-order chi connectivity index (χ0) is 17.5. The van der Waals surface area contributed by atoms with Crippen LogP contribution in [0.2, 0.25) is 0 Å². The van der Waals surface area contributed by atoms with Gasteiger partial charge in [0, 0.05) is 4.88 Å². The third-order valence-corrected chi connectivity index (χ3v) is 5.30. The van der Waals surface area contributed by atoms with E-state index in [1.165, 1.54) is 16.6 Å². The average molecular weight is 339 g/mol. The van der Waals surface area contributed by atoms with E-state index >= 15 is 0 Å². The maximum Gasteiger partial charge on any atom is 0.282 e. The minimum Gasteiger partial charge on any atom is -0.267 e. The molecule has 3 aromatic rings. The summed E-state index contributed by atoms with van der Waals surface area (Å²) in [6.07, 6.45) is 3.18. The standard InChI is InChI=1S/C19H21N3OS/c1-12-13(2)24-17-16(12)18(23)22(11-20-17)21-10-14-6-8-15(9-7-14)19(3,4)5/h6-11H,1-5H3/b21-10+. The minimum absolute atomic E-state index is 0.121. The third-order valence-electron chi connectivity index (χ3n) is 4.18. The number of benzene rings is 1. The van der Waals surface area contributed by atoms with Crippen molar-refractivity contribution in [3.63, 3.8) is 0 Å². The first-order valence-corrected chi connectivity index (χ1v) is 8.71. The molecule has 24 heavy (non-hydrogen) atoms. The van der Waals surface area contributed by atoms with Gasteiger partial charge in [-0.05, 0) is 36.0 Å². The smallest absolute Gasteiger partial charge is 0.267 e. The molecule has 0 spiro atoms. The number of hydrogen-bond donors (Lipinski definition) is 0. The van der Waals surface area contributed by atoms with Gasteiger partial charge < -0.3 is 0 Å². The van der Waals surface area contributed by atoms with Crippen molar-refractivity contribution < 1.29 is 0 Å². The van der Waals surface area contributed by atoms with Crippen molar-refractivity contribution in [2.45, 2.75) is 40.0 Å². The molecule has 4 nitrogen and oxygen atoms in total. The van der Waals surface area contributed by atoms with Crippen LogP contribution < -0.4 is 5.56 Å². The predicted octanol–water partition coefficient (Wildman–Crippen LogP) is 4.25. The Morgan fingerprint density at radius 3 is 2.46 bits per heavy atom. The van der Waals surface area contributed by atoms with Crippen molar-refractivity contribution in [3.8, 4) is 0 Å². The summed E-state index contributed by atoms with van der Waals surface area (Å²) in [7, 11) is 0. The summed E-state index contributed by atoms with van der Waals surface area (Å²) in [5, 5.41) is 4.96. The first kappa shape index (κ1) is 16.6. The molecule has 124 valence electrons. The second-order valence-corrected chi connectivity index (χ2v) is 8.18. The summed E-state index contributed by atoms with van der Waals surface area (Å²) in [5.74, 6) is 0. The van der Waals surface area contributed by atoms with Gasteiger partial charge in [-0.3, -0.25) is 4.79 Å². The van der Waals surface area contributed by atoms with Crippen molar-refractivity contribution in [2.75, 3.05) is 0 Å². The lowest BCUT2D eigenvalue weighted by molar-refractivity contribution is 0.590. The Morgan fingerprint density at radius 1 is 1.17 bits per heavy atom. The Kier molecular flexibility index (Phi) is 4.13. The first-order chi connectivity index (χ1) is 11.3. The van der Waals surface area contributed by atoms with Crippen LogP contribution in [0.4, 0.5) is 0 Å². The molecule has 0 N–H and O–H groups in total. The number of aromatic nitrogens is 2. The Labute approximate surface area is 145 Å². The molecule has 0 aliphatic heterocycles. The maximum atomic E-state index is 12.6. The zero-order valence-electron chi connectivity index (χ0n) is 14.6. The maximum absolute atomic E-state index is 12.6. The highest BCUT2D eigenvalue weighted by molar-refractivity contribution is 7.18. The highest BCUT2D eigenvalue weighted by atomic mass is 32.1. The van der Waals surface area contributed by atoms with Crippen molar-refractivity contribution in [3.05, 3.63) is 62.5 Å². The lowest BCUT2D eigenvalue weighted by atomic mass is 9.87. The number of rotatable bonds is 2. The normalized spacial score (nSPS) is 12.4. The van der Waals surface area contributed by atoms with E-state index in [1.54, 1.807) is 17.6 Å². The average Bonchev–Trinajstić information content (AvgIpc) is 2.82. The number of hydrogen-bond acceptors (Lipinski definition) is 4. The molecule has 2 aromatic heterocycles. The van der Waals surface area contributed by atoms with E-state index in [0.29, 0.717) is 5.39 Å². The van der Waals surface area contributed by atoms with Crippen LogP contribution >= 0.6 is 11.3 Å². The molecule has 0 saturated carbocycles. The highest BCUT2D eigenvalue weighted by Gasteiger charge is 2.13. The van der Waals surface area contributed by atoms with Gasteiger partial charge in [0.25, 0.3) is 5.56 Å². The molecule has 0 aliphatic rings. The van der Waals surface area contributed by atoms with Crippen LogP contribution in [-0.4, -0.2) is 15.9 Å². The quantitative estimate of drug-likeness (QED) is 0.655. The van der Waals surface area contributed by atoms with Gasteiger partial charge in [0.05, 0.1) is 11.6 Å². The van der Waals surface area contributed by atoms with Crippen LogP contribution in [0.15, 0.2) is 40.5 Å². The Bertz CT molecular complexity index is 973. The van der Waals surface area contributed by atoms with Crippen molar-refractivity contribution in [2.24, 2.45) is 5.10 Å². The second-order valence-electron chi connectivity index (χ2n) is 6.97. The van der Waals surface area contributed by atoms with E-state index in [1.807, 2.05) is 26.0 Å². The Morgan fingerprint density at radius 2 is 1.83 bits per heavy atom. The van der Waals surface area contributed by atoms with E-state index < -0.39 is 0 Å². The number of aryl methyl sites for hydroxylation is 2. The van der Waals surface area contributed by atoms with Gasteiger partial charge in [0.1, 0.15) is 11.2 Å². The lowest BCUT2D eigenvalue weighted by Crippen LogP contribution is -2.17. The highest BCUT2D eigenvalue weighted by Crippen LogP contribution is 2.25. The van der Waals surface area contributed by atoms with Crippen LogP contribution in [0.3, 0.4) is 0 Å². The SMILES string of the molecule is Cc1sc2ncn(/N=C/c3ccc(C(C)(C)C)cc3)c(=O)c2c1C. The van der Waals surface area contributed by atoms with E-state index in [-0.39, 0.29) is 11.0 Å². The lowest BCUT2D eigenvalue weighted by Gasteiger charge is -2.18. The van der Waals surface area contributed by atoms with Crippen molar-refractivity contribution in [1.29, 1.82) is 0 Å². The molecule has 0 unspecified atom stereocenters. The molecular weight excluding hydrogens is 318 g/mol. The Hall–Kier alpha value is -2.27. The molecule has 0 bridgehead atoms. The van der Waals surface area contributed by atoms with Crippen LogP contribution in [0, 0.1) is 13.8 Å². The zero-order valence-corrected chi connectivity index (χ0v) is 15.4. The van der Waals surface area contributed by atoms with Gasteiger partial charge in [0.15, 0.2) is 0 Å². The van der Waals surface area contributed by atoms with Gasteiger partial charge in [-0.25, -0.2) is 4.98 Å². The summed E-state index contributed by atoms with van der Waals surface area (Å²) in [4.78, 5) is 18.8. The van der Waals surface area contributed by atoms with Crippen molar-refractivity contribution in [1.82, 2.24) is 9.66 Å². The van der Waals surface area contributed by atoms with E-state index in [9.17, 15) is 4.79 Å². The molecule has 0 amide bonds. The van der Waals surface area contributed by atoms with E-state index in [0.717, 1.165) is 20.8 Å². The molecule has 1 aromatic carbocycles. The fourth-order valence-corrected chi connectivity index (χ4v) is 3.49. The molecular formula is C19H21N3OS. The summed E-state index contributed by atoms with van der Waals surface area (Å²) in [6.45, 7) is 10.5. The third kappa shape index (κ3) is 3.04. The van der Waals surface area contributed by atoms with E-state index in [2.05, 4.69) is 43.0 Å². The molecule has 0 fully saturated rings. The van der Waals surface area contributed by atoms with Crippen LogP contribution in [0.5, 0.6) is 0 Å². The molecule has 0 atom stereocenters. The second kappa shape index (κ2) is 5.98. The van der Waals surface area contributed by atoms with Crippen LogP contribution in [0.1, 0.15) is 42.3 Å². The largest absolute Gasteiger partial charge is 0.282 e. The van der Waals surface area contributed by atoms with Crippen LogP contribution in [-0.2, 0) is 5.41 Å². The van der Waals surface area contributed by atoms with Crippen molar-refractivity contribution >= 4 is 27.8 Å². The number of fused-ring (bicyclic) bond motifs is 1. The molecule has 2 heterocycles. The van der Waals surface area contributed by atoms with Gasteiger partial charge in [-0.1, -0.05) is 45.0 Å². The monoisotopic (exact) mass is 339 g/mol. The molecule has 0 aliphatic carbocycles. The first-order valence-electron chi connectivity index (χ1n) is 7.89. The van der Waals surface area contributed by atoms with Gasteiger partial charge in [-0.15, -0.1) is 11.3 Å². The number of nitrogens with zero attached hydrogens (tertiary/aromatic N) is 3.